The zero-order chi connectivity index (χ0) is 33.4. The van der Waals surface area contributed by atoms with Crippen molar-refractivity contribution in [3.05, 3.63) is 42.0 Å². The molecule has 2 atom stereocenters. The van der Waals surface area contributed by atoms with Gasteiger partial charge in [0.05, 0.1) is 6.04 Å². The summed E-state index contributed by atoms with van der Waals surface area (Å²) in [5, 5.41) is 8.13. The van der Waals surface area contributed by atoms with Gasteiger partial charge >= 0.3 is 12.0 Å². The Morgan fingerprint density at radius 2 is 1.56 bits per heavy atom. The second-order valence-corrected chi connectivity index (χ2v) is 11.4. The minimum Gasteiger partial charge on any atom is -0.461 e. The van der Waals surface area contributed by atoms with Crippen molar-refractivity contribution < 1.29 is 38.3 Å². The van der Waals surface area contributed by atoms with E-state index in [1.807, 2.05) is 13.8 Å². The van der Waals surface area contributed by atoms with Crippen LogP contribution in [-0.2, 0) is 40.1 Å². The van der Waals surface area contributed by atoms with Crippen LogP contribution in [0.1, 0.15) is 77.7 Å². The monoisotopic (exact) mass is 627 g/mol. The van der Waals surface area contributed by atoms with Gasteiger partial charge in [0.15, 0.2) is 5.78 Å². The highest BCUT2D eigenvalue weighted by atomic mass is 16.5. The maximum atomic E-state index is 13.4. The fraction of sp³-hybridized carbons (Fsp3) is 0.531. The number of amides is 6. The van der Waals surface area contributed by atoms with Gasteiger partial charge in [-0.25, -0.2) is 4.79 Å². The summed E-state index contributed by atoms with van der Waals surface area (Å²) in [6.45, 7) is 5.65. The number of nitrogens with zero attached hydrogens (tertiary/aromatic N) is 1. The second kappa shape index (κ2) is 19.0. The van der Waals surface area contributed by atoms with E-state index in [9.17, 15) is 33.6 Å². The van der Waals surface area contributed by atoms with Gasteiger partial charge in [0.25, 0.3) is 11.8 Å². The molecule has 0 aliphatic carbocycles. The van der Waals surface area contributed by atoms with E-state index >= 15 is 0 Å². The number of hydrogen-bond donors (Lipinski definition) is 4. The molecule has 0 spiro atoms. The van der Waals surface area contributed by atoms with Gasteiger partial charge in [0.1, 0.15) is 6.61 Å². The zero-order valence-corrected chi connectivity index (χ0v) is 26.3. The van der Waals surface area contributed by atoms with Gasteiger partial charge in [-0.05, 0) is 49.3 Å². The summed E-state index contributed by atoms with van der Waals surface area (Å²) in [4.78, 5) is 85.9. The Hall–Kier alpha value is -4.55. The smallest absolute Gasteiger partial charge is 0.312 e. The Morgan fingerprint density at radius 1 is 0.911 bits per heavy atom. The highest BCUT2D eigenvalue weighted by Gasteiger charge is 2.29. The van der Waals surface area contributed by atoms with Crippen molar-refractivity contribution in [2.45, 2.75) is 84.8 Å². The topological polar surface area (TPSA) is 194 Å². The van der Waals surface area contributed by atoms with Crippen molar-refractivity contribution in [1.82, 2.24) is 15.5 Å². The predicted octanol–water partition coefficient (Wildman–Crippen LogP) is 2.73. The molecule has 0 bridgehead atoms. The number of anilines is 1. The number of ketones is 1. The second-order valence-electron chi connectivity index (χ2n) is 11.4. The third kappa shape index (κ3) is 13.7. The van der Waals surface area contributed by atoms with Gasteiger partial charge in [-0.3, -0.25) is 33.7 Å². The van der Waals surface area contributed by atoms with Crippen LogP contribution in [0.5, 0.6) is 0 Å². The van der Waals surface area contributed by atoms with Crippen molar-refractivity contribution in [1.29, 1.82) is 0 Å². The molecule has 5 N–H and O–H groups in total. The number of ether oxygens (including phenoxy) is 1. The van der Waals surface area contributed by atoms with E-state index in [1.54, 1.807) is 24.3 Å². The molecule has 0 radical (unpaired) electrons. The molecule has 2 rings (SSSR count). The van der Waals surface area contributed by atoms with Crippen LogP contribution in [0.25, 0.3) is 0 Å². The molecule has 0 saturated heterocycles. The summed E-state index contributed by atoms with van der Waals surface area (Å²) in [6.07, 6.45) is 6.02. The molecule has 1 aromatic rings. The van der Waals surface area contributed by atoms with Crippen LogP contribution in [0.2, 0.25) is 0 Å². The quantitative estimate of drug-likeness (QED) is 0.0962. The van der Waals surface area contributed by atoms with Crippen LogP contribution in [0.4, 0.5) is 10.5 Å². The van der Waals surface area contributed by atoms with Gasteiger partial charge in [0.2, 0.25) is 11.8 Å². The SMILES string of the molecule is CC(=O)OCc1ccc(NC(=O)[C@H](CCCNC(N)=O)CC(=O)[C@@H](NC(=O)CCCCCCN2C(=O)C=CC2=O)C(C)C)cc1. The Bertz CT molecular complexity index is 1230. The van der Waals surface area contributed by atoms with Crippen LogP contribution < -0.4 is 21.7 Å². The van der Waals surface area contributed by atoms with E-state index < -0.39 is 24.0 Å². The maximum absolute atomic E-state index is 13.4. The average Bonchev–Trinajstić information content (AvgIpc) is 3.30. The molecule has 1 aromatic carbocycles. The molecule has 1 heterocycles. The van der Waals surface area contributed by atoms with Gasteiger partial charge in [0, 0.05) is 56.6 Å². The van der Waals surface area contributed by atoms with Gasteiger partial charge < -0.3 is 26.4 Å². The summed E-state index contributed by atoms with van der Waals surface area (Å²) in [5.74, 6) is -2.87. The number of unbranched alkanes of at least 4 members (excludes halogenated alkanes) is 3. The Kier molecular flexibility index (Phi) is 15.4. The number of carbonyl (C=O) groups excluding carboxylic acids is 7. The summed E-state index contributed by atoms with van der Waals surface area (Å²) < 4.78 is 4.98. The standard InChI is InChI=1S/C32H45N5O8/c1-21(2)30(36-27(40)10-6-4-5-7-18-37-28(41)15-16-29(37)42)26(39)19-24(9-8-17-34-32(33)44)31(43)35-25-13-11-23(12-14-25)20-45-22(3)38/h11-16,21,24,30H,4-10,17-20H2,1-3H3,(H,35,43)(H,36,40)(H3,33,34,44)/t24-,30+/m1/s1. The molecular formula is C32H45N5O8. The number of esters is 1. The number of nitrogens with two attached hydrogens (primary N) is 1. The fourth-order valence-corrected chi connectivity index (χ4v) is 4.79. The van der Waals surface area contributed by atoms with Crippen LogP contribution in [0.15, 0.2) is 36.4 Å². The van der Waals surface area contributed by atoms with Crippen molar-refractivity contribution in [3.63, 3.8) is 0 Å². The third-order valence-electron chi connectivity index (χ3n) is 7.28. The van der Waals surface area contributed by atoms with Gasteiger partial charge in [-0.15, -0.1) is 0 Å². The molecule has 1 aliphatic heterocycles. The maximum Gasteiger partial charge on any atom is 0.312 e. The van der Waals surface area contributed by atoms with Crippen LogP contribution in [-0.4, -0.2) is 65.4 Å². The Labute approximate surface area is 263 Å². The first kappa shape index (κ1) is 36.6. The summed E-state index contributed by atoms with van der Waals surface area (Å²) in [5.41, 5.74) is 6.38. The third-order valence-corrected chi connectivity index (χ3v) is 7.28. The number of rotatable bonds is 20. The number of imide groups is 1. The molecule has 13 heteroatoms. The predicted molar refractivity (Wildman–Crippen MR) is 166 cm³/mol. The van der Waals surface area contributed by atoms with Crippen LogP contribution in [0, 0.1) is 11.8 Å². The van der Waals surface area contributed by atoms with Crippen molar-refractivity contribution >= 4 is 47.1 Å². The largest absolute Gasteiger partial charge is 0.461 e. The highest BCUT2D eigenvalue weighted by Crippen LogP contribution is 2.20. The van der Waals surface area contributed by atoms with Gasteiger partial charge in [-0.1, -0.05) is 38.8 Å². The summed E-state index contributed by atoms with van der Waals surface area (Å²) in [7, 11) is 0. The van der Waals surface area contributed by atoms with Crippen molar-refractivity contribution in [2.75, 3.05) is 18.4 Å². The van der Waals surface area contributed by atoms with Gasteiger partial charge in [-0.2, -0.15) is 0 Å². The average molecular weight is 628 g/mol. The lowest BCUT2D eigenvalue weighted by atomic mass is 9.89. The molecule has 1 aliphatic rings. The van der Waals surface area contributed by atoms with Crippen molar-refractivity contribution in [2.24, 2.45) is 17.6 Å². The van der Waals surface area contributed by atoms with E-state index in [1.165, 1.54) is 24.0 Å². The number of primary amides is 1. The minimum absolute atomic E-state index is 0.108. The lowest BCUT2D eigenvalue weighted by Gasteiger charge is -2.24. The van der Waals surface area contributed by atoms with E-state index in [2.05, 4.69) is 16.0 Å². The zero-order valence-electron chi connectivity index (χ0n) is 26.3. The minimum atomic E-state index is -0.781. The lowest BCUT2D eigenvalue weighted by Crippen LogP contribution is -2.45. The first-order chi connectivity index (χ1) is 21.4. The van der Waals surface area contributed by atoms with Crippen LogP contribution in [0.3, 0.4) is 0 Å². The molecule has 0 fully saturated rings. The van der Waals surface area contributed by atoms with E-state index in [0.717, 1.165) is 18.4 Å². The number of Topliss-reactive ketones (excluding diaryl/α,β-unsaturated/α-hetero) is 1. The molecule has 0 saturated carbocycles. The van der Waals surface area contributed by atoms with E-state index in [4.69, 9.17) is 10.5 Å². The number of carbonyl (C=O) groups is 7. The van der Waals surface area contributed by atoms with Crippen molar-refractivity contribution in [3.8, 4) is 0 Å². The normalized spacial score (nSPS) is 13.8. The summed E-state index contributed by atoms with van der Waals surface area (Å²) >= 11 is 0. The lowest BCUT2D eigenvalue weighted by molar-refractivity contribution is -0.142. The number of nitrogens with one attached hydrogen (secondary N) is 3. The molecule has 246 valence electrons. The fourth-order valence-electron chi connectivity index (χ4n) is 4.79. The number of hydrogen-bond acceptors (Lipinski definition) is 8. The summed E-state index contributed by atoms with van der Waals surface area (Å²) in [6, 6.07) is 5.31. The van der Waals surface area contributed by atoms with E-state index in [0.29, 0.717) is 37.9 Å². The number of urea groups is 1. The molecule has 45 heavy (non-hydrogen) atoms. The number of benzene rings is 1. The molecule has 0 aromatic heterocycles. The Morgan fingerprint density at radius 3 is 2.16 bits per heavy atom. The highest BCUT2D eigenvalue weighted by molar-refractivity contribution is 6.12. The first-order valence-electron chi connectivity index (χ1n) is 15.3. The first-order valence-corrected chi connectivity index (χ1v) is 15.3. The molecule has 13 nitrogen and oxygen atoms in total. The van der Waals surface area contributed by atoms with E-state index in [-0.39, 0.29) is 61.3 Å². The molecule has 6 amide bonds. The molecule has 0 unspecified atom stereocenters. The molecular weight excluding hydrogens is 582 g/mol. The Balaban J connectivity index is 1.90. The van der Waals surface area contributed by atoms with Crippen LogP contribution >= 0.6 is 0 Å².